The molecule has 0 heterocycles. The van der Waals surface area contributed by atoms with Crippen LogP contribution in [0.1, 0.15) is 6.42 Å². The second-order valence-corrected chi connectivity index (χ2v) is 2.96. The predicted molar refractivity (Wildman–Crippen MR) is 43.2 cm³/mol. The van der Waals surface area contributed by atoms with Gasteiger partial charge in [-0.05, 0) is 18.2 Å². The first-order valence-corrected chi connectivity index (χ1v) is 4.15. The molecular weight excluding hydrogens is 196 g/mol. The van der Waals surface area contributed by atoms with Crippen molar-refractivity contribution < 1.29 is 10.2 Å². The fourth-order valence-corrected chi connectivity index (χ4v) is 1.17. The first-order chi connectivity index (χ1) is 4.66. The molecule has 1 unspecified atom stereocenters. The topological polar surface area (TPSA) is 40.5 Å². The highest BCUT2D eigenvalue weighted by Crippen LogP contribution is 2.21. The number of allylic oxidation sites excluding steroid dienone is 1. The van der Waals surface area contributed by atoms with Gasteiger partial charge in [0.15, 0.2) is 0 Å². The van der Waals surface area contributed by atoms with Gasteiger partial charge in [0.1, 0.15) is 5.76 Å². The van der Waals surface area contributed by atoms with Crippen LogP contribution < -0.4 is 0 Å². The van der Waals surface area contributed by atoms with E-state index in [0.717, 1.165) is 0 Å². The third-order valence-electron chi connectivity index (χ3n) is 1.46. The molecule has 10 heavy (non-hydrogen) atoms. The first-order valence-electron chi connectivity index (χ1n) is 3.03. The third kappa shape index (κ3) is 1.61. The van der Waals surface area contributed by atoms with Gasteiger partial charge >= 0.3 is 0 Å². The number of hydrogen-bond acceptors (Lipinski definition) is 2. The van der Waals surface area contributed by atoms with E-state index in [9.17, 15) is 5.11 Å². The van der Waals surface area contributed by atoms with E-state index in [4.69, 9.17) is 5.11 Å². The fraction of sp³-hybridized carbons (Fsp3) is 0.429. The predicted octanol–water partition coefficient (Wildman–Crippen LogP) is 1.51. The first kappa shape index (κ1) is 7.82. The highest BCUT2D eigenvalue weighted by atomic mass is 79.9. The van der Waals surface area contributed by atoms with E-state index in [1.807, 2.05) is 0 Å². The SMILES string of the molecule is OC1=CCC(O)(CBr)C=C1. The summed E-state index contributed by atoms with van der Waals surface area (Å²) in [4.78, 5) is 0. The van der Waals surface area contributed by atoms with Gasteiger partial charge in [-0.2, -0.15) is 0 Å². The normalized spacial score (nSPS) is 32.0. The van der Waals surface area contributed by atoms with E-state index in [-0.39, 0.29) is 5.76 Å². The summed E-state index contributed by atoms with van der Waals surface area (Å²) in [6, 6.07) is 0. The second-order valence-electron chi connectivity index (χ2n) is 2.40. The summed E-state index contributed by atoms with van der Waals surface area (Å²) >= 11 is 3.17. The Labute approximate surface area is 68.0 Å². The average Bonchev–Trinajstić information content (AvgIpc) is 1.96. The van der Waals surface area contributed by atoms with E-state index < -0.39 is 5.60 Å². The molecule has 0 bridgehead atoms. The van der Waals surface area contributed by atoms with Gasteiger partial charge in [-0.1, -0.05) is 15.9 Å². The summed E-state index contributed by atoms with van der Waals surface area (Å²) in [7, 11) is 0. The molecule has 0 saturated heterocycles. The Balaban J connectivity index is 2.67. The van der Waals surface area contributed by atoms with E-state index in [1.165, 1.54) is 6.08 Å². The lowest BCUT2D eigenvalue weighted by atomic mass is 9.97. The summed E-state index contributed by atoms with van der Waals surface area (Å²) in [6.07, 6.45) is 5.17. The molecular formula is C7H9BrO2. The minimum Gasteiger partial charge on any atom is -0.508 e. The van der Waals surface area contributed by atoms with Crippen LogP contribution in [-0.4, -0.2) is 21.1 Å². The number of aliphatic hydroxyl groups is 2. The van der Waals surface area contributed by atoms with Crippen molar-refractivity contribution in [2.24, 2.45) is 0 Å². The van der Waals surface area contributed by atoms with Crippen LogP contribution in [0.3, 0.4) is 0 Å². The fourth-order valence-electron chi connectivity index (χ4n) is 0.757. The zero-order valence-corrected chi connectivity index (χ0v) is 7.00. The lowest BCUT2D eigenvalue weighted by molar-refractivity contribution is 0.118. The lowest BCUT2D eigenvalue weighted by Gasteiger charge is -2.22. The molecule has 56 valence electrons. The van der Waals surface area contributed by atoms with E-state index in [0.29, 0.717) is 11.8 Å². The van der Waals surface area contributed by atoms with Crippen LogP contribution in [0.15, 0.2) is 24.0 Å². The van der Waals surface area contributed by atoms with Gasteiger partial charge < -0.3 is 10.2 Å². The quantitative estimate of drug-likeness (QED) is 0.637. The molecule has 0 spiro atoms. The number of hydrogen-bond donors (Lipinski definition) is 2. The molecule has 0 saturated carbocycles. The zero-order chi connectivity index (χ0) is 7.61. The van der Waals surface area contributed by atoms with E-state index >= 15 is 0 Å². The summed E-state index contributed by atoms with van der Waals surface area (Å²) in [6.45, 7) is 0. The molecule has 2 nitrogen and oxygen atoms in total. The molecule has 1 aliphatic rings. The van der Waals surface area contributed by atoms with E-state index in [1.54, 1.807) is 12.2 Å². The Morgan fingerprint density at radius 2 is 2.40 bits per heavy atom. The Morgan fingerprint density at radius 3 is 2.80 bits per heavy atom. The number of rotatable bonds is 1. The van der Waals surface area contributed by atoms with Gasteiger partial charge in [0.05, 0.1) is 5.60 Å². The van der Waals surface area contributed by atoms with Crippen molar-refractivity contribution in [2.75, 3.05) is 5.33 Å². The van der Waals surface area contributed by atoms with E-state index in [2.05, 4.69) is 15.9 Å². The molecule has 0 aromatic rings. The smallest absolute Gasteiger partial charge is 0.111 e. The molecule has 1 aliphatic carbocycles. The minimum absolute atomic E-state index is 0.227. The maximum atomic E-state index is 9.51. The highest BCUT2D eigenvalue weighted by molar-refractivity contribution is 9.09. The van der Waals surface area contributed by atoms with Crippen molar-refractivity contribution in [1.29, 1.82) is 0 Å². The maximum absolute atomic E-state index is 9.51. The van der Waals surface area contributed by atoms with Crippen molar-refractivity contribution >= 4 is 15.9 Å². The molecule has 1 rings (SSSR count). The van der Waals surface area contributed by atoms with Crippen LogP contribution in [0.4, 0.5) is 0 Å². The van der Waals surface area contributed by atoms with Gasteiger partial charge in [0, 0.05) is 11.8 Å². The van der Waals surface area contributed by atoms with Gasteiger partial charge in [0.2, 0.25) is 0 Å². The summed E-state index contributed by atoms with van der Waals surface area (Å²) < 4.78 is 0. The Hall–Kier alpha value is -0.280. The van der Waals surface area contributed by atoms with Crippen molar-refractivity contribution in [3.05, 3.63) is 24.0 Å². The van der Waals surface area contributed by atoms with Gasteiger partial charge in [-0.15, -0.1) is 0 Å². The minimum atomic E-state index is -0.799. The monoisotopic (exact) mass is 204 g/mol. The third-order valence-corrected chi connectivity index (χ3v) is 2.43. The van der Waals surface area contributed by atoms with Crippen molar-refractivity contribution in [3.63, 3.8) is 0 Å². The molecule has 2 N–H and O–H groups in total. The van der Waals surface area contributed by atoms with Crippen molar-refractivity contribution in [1.82, 2.24) is 0 Å². The molecule has 0 fully saturated rings. The molecule has 0 radical (unpaired) electrons. The number of halogens is 1. The molecule has 1 atom stereocenters. The Kier molecular flexibility index (Phi) is 2.16. The molecule has 3 heteroatoms. The Morgan fingerprint density at radius 1 is 1.70 bits per heavy atom. The van der Waals surface area contributed by atoms with Crippen LogP contribution in [-0.2, 0) is 0 Å². The van der Waals surface area contributed by atoms with Crippen LogP contribution in [0.2, 0.25) is 0 Å². The van der Waals surface area contributed by atoms with Crippen LogP contribution >= 0.6 is 15.9 Å². The standard InChI is InChI=1S/C7H9BrO2/c8-5-7(10)3-1-6(9)2-4-7/h1-3,9-10H,4-5H2. The van der Waals surface area contributed by atoms with Gasteiger partial charge in [-0.3, -0.25) is 0 Å². The lowest BCUT2D eigenvalue weighted by Crippen LogP contribution is -2.28. The molecule has 0 aliphatic heterocycles. The van der Waals surface area contributed by atoms with Crippen LogP contribution in [0.5, 0.6) is 0 Å². The summed E-state index contributed by atoms with van der Waals surface area (Å²) in [5.74, 6) is 0.227. The highest BCUT2D eigenvalue weighted by Gasteiger charge is 2.22. The average molecular weight is 205 g/mol. The number of alkyl halides is 1. The van der Waals surface area contributed by atoms with Crippen molar-refractivity contribution in [3.8, 4) is 0 Å². The molecule has 0 amide bonds. The molecule has 0 aromatic carbocycles. The van der Waals surface area contributed by atoms with Gasteiger partial charge in [-0.25, -0.2) is 0 Å². The van der Waals surface area contributed by atoms with Crippen LogP contribution in [0.25, 0.3) is 0 Å². The Bertz CT molecular complexity index is 186. The maximum Gasteiger partial charge on any atom is 0.111 e. The zero-order valence-electron chi connectivity index (χ0n) is 5.42. The van der Waals surface area contributed by atoms with Gasteiger partial charge in [0.25, 0.3) is 0 Å². The molecule has 0 aromatic heterocycles. The summed E-state index contributed by atoms with van der Waals surface area (Å²) in [5, 5.41) is 18.9. The van der Waals surface area contributed by atoms with Crippen molar-refractivity contribution in [2.45, 2.75) is 12.0 Å². The summed E-state index contributed by atoms with van der Waals surface area (Å²) in [5.41, 5.74) is -0.799. The largest absolute Gasteiger partial charge is 0.508 e. The second kappa shape index (κ2) is 2.76. The van der Waals surface area contributed by atoms with Crippen LogP contribution in [0, 0.1) is 0 Å². The number of aliphatic hydroxyl groups excluding tert-OH is 1.